The summed E-state index contributed by atoms with van der Waals surface area (Å²) in [6.07, 6.45) is 0. The van der Waals surface area contributed by atoms with Crippen molar-refractivity contribution in [3.63, 3.8) is 0 Å². The van der Waals surface area contributed by atoms with E-state index in [1.165, 1.54) is 38.0 Å². The smallest absolute Gasteiger partial charge is 0.165 e. The zero-order valence-electron chi connectivity index (χ0n) is 28.4. The van der Waals surface area contributed by atoms with E-state index in [0.29, 0.717) is 0 Å². The minimum Gasteiger partial charge on any atom is -0.455 e. The molecule has 246 valence electrons. The van der Waals surface area contributed by atoms with Gasteiger partial charge in [0.05, 0.1) is 33.1 Å². The molecule has 0 bridgehead atoms. The standard InChI is InChI=1S/C48H28N4O/c1-2-13-31-29(12-1)24-27-42-45(31)36-26-25-30(51-40-21-8-3-14-32(40)33-15-4-9-22-41(33)51)28-43(36)52(42)48-46(49-38-19-6-7-20-39(38)50-48)37-18-11-17-35-34-16-5-10-23-44(34)53-47(35)37/h1-28H. The molecule has 12 aromatic rings. The van der Waals surface area contributed by atoms with Crippen LogP contribution < -0.4 is 0 Å². The van der Waals surface area contributed by atoms with E-state index in [9.17, 15) is 0 Å². The molecule has 5 heteroatoms. The van der Waals surface area contributed by atoms with Crippen molar-refractivity contribution in [1.82, 2.24) is 19.1 Å². The number of fused-ring (bicyclic) bond motifs is 12. The van der Waals surface area contributed by atoms with Gasteiger partial charge in [-0.2, -0.15) is 0 Å². The highest BCUT2D eigenvalue weighted by Crippen LogP contribution is 2.43. The second kappa shape index (κ2) is 10.6. The van der Waals surface area contributed by atoms with Crippen LogP contribution in [0.3, 0.4) is 0 Å². The first kappa shape index (κ1) is 28.5. The summed E-state index contributed by atoms with van der Waals surface area (Å²) in [6.45, 7) is 0. The van der Waals surface area contributed by atoms with Gasteiger partial charge in [-0.25, -0.2) is 9.97 Å². The van der Waals surface area contributed by atoms with Crippen molar-refractivity contribution < 1.29 is 4.42 Å². The third-order valence-electron chi connectivity index (χ3n) is 10.9. The van der Waals surface area contributed by atoms with E-state index < -0.39 is 0 Å². The van der Waals surface area contributed by atoms with E-state index in [4.69, 9.17) is 14.4 Å². The fraction of sp³-hybridized carbons (Fsp3) is 0. The summed E-state index contributed by atoms with van der Waals surface area (Å²) in [5.41, 5.74) is 10.5. The summed E-state index contributed by atoms with van der Waals surface area (Å²) >= 11 is 0. The van der Waals surface area contributed by atoms with Crippen LogP contribution in [0.1, 0.15) is 0 Å². The molecule has 0 spiro atoms. The molecule has 0 unspecified atom stereocenters. The number of furan rings is 1. The Labute approximate surface area is 302 Å². The molecule has 5 nitrogen and oxygen atoms in total. The van der Waals surface area contributed by atoms with Gasteiger partial charge in [0.15, 0.2) is 5.82 Å². The van der Waals surface area contributed by atoms with Crippen molar-refractivity contribution in [3.8, 4) is 22.8 Å². The molecule has 0 aliphatic heterocycles. The minimum atomic E-state index is 0.756. The fourth-order valence-corrected chi connectivity index (χ4v) is 8.60. The van der Waals surface area contributed by atoms with Gasteiger partial charge in [0.1, 0.15) is 16.9 Å². The lowest BCUT2D eigenvalue weighted by atomic mass is 10.0. The lowest BCUT2D eigenvalue weighted by Crippen LogP contribution is -2.04. The van der Waals surface area contributed by atoms with Crippen LogP contribution in [0.25, 0.3) is 110 Å². The minimum absolute atomic E-state index is 0.756. The second-order valence-electron chi connectivity index (χ2n) is 13.8. The highest BCUT2D eigenvalue weighted by Gasteiger charge is 2.24. The van der Waals surface area contributed by atoms with Gasteiger partial charge in [0, 0.05) is 43.6 Å². The lowest BCUT2D eigenvalue weighted by Gasteiger charge is -2.15. The Hall–Kier alpha value is -7.24. The SMILES string of the molecule is c1ccc2c(c1)ccc1c2c2ccc(-n3c4ccccc4c4ccccc43)cc2n1-c1nc2ccccc2nc1-c1cccc2c1oc1ccccc12. The monoisotopic (exact) mass is 676 g/mol. The molecular formula is C48H28N4O. The van der Waals surface area contributed by atoms with Crippen LogP contribution in [0.15, 0.2) is 174 Å². The average molecular weight is 677 g/mol. The Morgan fingerprint density at radius 1 is 0.415 bits per heavy atom. The van der Waals surface area contributed by atoms with E-state index in [1.807, 2.05) is 36.4 Å². The summed E-state index contributed by atoms with van der Waals surface area (Å²) in [6, 6.07) is 60.0. The quantitative estimate of drug-likeness (QED) is 0.187. The van der Waals surface area contributed by atoms with Gasteiger partial charge in [-0.3, -0.25) is 4.57 Å². The van der Waals surface area contributed by atoms with E-state index >= 15 is 0 Å². The number of hydrogen-bond acceptors (Lipinski definition) is 3. The number of hydrogen-bond donors (Lipinski definition) is 0. The highest BCUT2D eigenvalue weighted by molar-refractivity contribution is 6.22. The van der Waals surface area contributed by atoms with E-state index in [-0.39, 0.29) is 0 Å². The molecule has 4 aromatic heterocycles. The zero-order valence-corrected chi connectivity index (χ0v) is 28.4. The van der Waals surface area contributed by atoms with Crippen molar-refractivity contribution in [2.45, 2.75) is 0 Å². The van der Waals surface area contributed by atoms with E-state index in [1.54, 1.807) is 0 Å². The second-order valence-corrected chi connectivity index (χ2v) is 13.8. The Balaban J connectivity index is 1.25. The molecule has 0 fully saturated rings. The molecule has 0 atom stereocenters. The number of rotatable bonds is 3. The molecule has 8 aromatic carbocycles. The van der Waals surface area contributed by atoms with Crippen molar-refractivity contribution in [3.05, 3.63) is 170 Å². The Bertz CT molecular complexity index is 3420. The highest BCUT2D eigenvalue weighted by atomic mass is 16.3. The van der Waals surface area contributed by atoms with Crippen LogP contribution in [0.4, 0.5) is 0 Å². The predicted octanol–water partition coefficient (Wildman–Crippen LogP) is 12.5. The van der Waals surface area contributed by atoms with Crippen molar-refractivity contribution in [2.24, 2.45) is 0 Å². The Morgan fingerprint density at radius 3 is 1.89 bits per heavy atom. The largest absolute Gasteiger partial charge is 0.455 e. The van der Waals surface area contributed by atoms with Gasteiger partial charge in [0.25, 0.3) is 0 Å². The zero-order chi connectivity index (χ0) is 34.6. The average Bonchev–Trinajstić information content (AvgIpc) is 3.88. The van der Waals surface area contributed by atoms with E-state index in [0.717, 1.165) is 72.2 Å². The number of nitrogens with zero attached hydrogens (tertiary/aromatic N) is 4. The van der Waals surface area contributed by atoms with Crippen LogP contribution in [-0.2, 0) is 0 Å². The molecule has 0 radical (unpaired) electrons. The number of benzene rings is 8. The predicted molar refractivity (Wildman–Crippen MR) is 218 cm³/mol. The maximum absolute atomic E-state index is 6.62. The molecule has 4 heterocycles. The number of aromatic nitrogens is 4. The third kappa shape index (κ3) is 3.96. The third-order valence-corrected chi connectivity index (χ3v) is 10.9. The first-order valence-corrected chi connectivity index (χ1v) is 17.9. The van der Waals surface area contributed by atoms with Gasteiger partial charge >= 0.3 is 0 Å². The van der Waals surface area contributed by atoms with Gasteiger partial charge < -0.3 is 8.98 Å². The summed E-state index contributed by atoms with van der Waals surface area (Å²) in [5, 5.41) is 9.35. The molecular weight excluding hydrogens is 649 g/mol. The molecule has 0 amide bonds. The van der Waals surface area contributed by atoms with Gasteiger partial charge in [-0.05, 0) is 65.4 Å². The van der Waals surface area contributed by atoms with E-state index in [2.05, 4.69) is 143 Å². The Kier molecular flexibility index (Phi) is 5.71. The van der Waals surface area contributed by atoms with Crippen LogP contribution >= 0.6 is 0 Å². The fourth-order valence-electron chi connectivity index (χ4n) is 8.60. The molecule has 12 rings (SSSR count). The summed E-state index contributed by atoms with van der Waals surface area (Å²) in [7, 11) is 0. The molecule has 0 N–H and O–H groups in total. The normalized spacial score (nSPS) is 12.2. The van der Waals surface area contributed by atoms with Gasteiger partial charge in [-0.15, -0.1) is 0 Å². The molecule has 53 heavy (non-hydrogen) atoms. The molecule has 0 aliphatic rings. The summed E-state index contributed by atoms with van der Waals surface area (Å²) in [5.74, 6) is 0.756. The topological polar surface area (TPSA) is 48.8 Å². The van der Waals surface area contributed by atoms with Crippen LogP contribution in [0.5, 0.6) is 0 Å². The van der Waals surface area contributed by atoms with Crippen molar-refractivity contribution in [2.75, 3.05) is 0 Å². The Morgan fingerprint density at radius 2 is 1.08 bits per heavy atom. The first-order chi connectivity index (χ1) is 26.3. The lowest BCUT2D eigenvalue weighted by molar-refractivity contribution is 0.669. The molecule has 0 aliphatic carbocycles. The van der Waals surface area contributed by atoms with Crippen molar-refractivity contribution in [1.29, 1.82) is 0 Å². The number of para-hydroxylation sites is 6. The van der Waals surface area contributed by atoms with Crippen LogP contribution in [0.2, 0.25) is 0 Å². The molecule has 0 saturated heterocycles. The van der Waals surface area contributed by atoms with Crippen LogP contribution in [-0.4, -0.2) is 19.1 Å². The van der Waals surface area contributed by atoms with Crippen molar-refractivity contribution >= 4 is 87.4 Å². The maximum atomic E-state index is 6.62. The van der Waals surface area contributed by atoms with Crippen LogP contribution in [0, 0.1) is 0 Å². The van der Waals surface area contributed by atoms with Gasteiger partial charge in [0.2, 0.25) is 0 Å². The van der Waals surface area contributed by atoms with Gasteiger partial charge in [-0.1, -0.05) is 115 Å². The maximum Gasteiger partial charge on any atom is 0.165 e. The summed E-state index contributed by atoms with van der Waals surface area (Å²) < 4.78 is 11.3. The first-order valence-electron chi connectivity index (χ1n) is 17.9. The summed E-state index contributed by atoms with van der Waals surface area (Å²) in [4.78, 5) is 10.9. The molecule has 0 saturated carbocycles.